The SMILES string of the molecule is [O-2].[O-2].[O].[Ti+4]. The van der Waals surface area contributed by atoms with Gasteiger partial charge in [0.25, 0.3) is 0 Å². The molecule has 4 heavy (non-hydrogen) atoms. The van der Waals surface area contributed by atoms with Crippen LogP contribution in [0.1, 0.15) is 0 Å². The van der Waals surface area contributed by atoms with Crippen molar-refractivity contribution in [2.75, 3.05) is 0 Å². The Morgan fingerprint density at radius 3 is 0.750 bits per heavy atom. The van der Waals surface area contributed by atoms with Gasteiger partial charge in [-0.15, -0.1) is 0 Å². The summed E-state index contributed by atoms with van der Waals surface area (Å²) in [4.78, 5) is 0. The normalized spacial score (nSPS) is 0. The molecule has 0 spiro atoms. The van der Waals surface area contributed by atoms with Gasteiger partial charge in [-0.25, -0.2) is 0 Å². The van der Waals surface area contributed by atoms with Gasteiger partial charge in [0.2, 0.25) is 0 Å². The summed E-state index contributed by atoms with van der Waals surface area (Å²) in [7, 11) is 0. The molecule has 0 unspecified atom stereocenters. The number of hydrogen-bond acceptors (Lipinski definition) is 0. The van der Waals surface area contributed by atoms with Crippen molar-refractivity contribution in [2.45, 2.75) is 0 Å². The van der Waals surface area contributed by atoms with Crippen molar-refractivity contribution in [1.29, 1.82) is 0 Å². The Bertz CT molecular complexity index is 3.25. The molecule has 0 saturated carbocycles. The van der Waals surface area contributed by atoms with E-state index in [9.17, 15) is 0 Å². The molecule has 0 aromatic carbocycles. The zero-order valence-electron chi connectivity index (χ0n) is 1.72. The van der Waals surface area contributed by atoms with E-state index >= 15 is 0 Å². The second-order valence-electron chi connectivity index (χ2n) is 0. The van der Waals surface area contributed by atoms with Gasteiger partial charge in [-0.1, -0.05) is 0 Å². The van der Waals surface area contributed by atoms with Crippen LogP contribution < -0.4 is 0 Å². The summed E-state index contributed by atoms with van der Waals surface area (Å²) in [6.07, 6.45) is 0. The molecule has 0 aliphatic carbocycles. The van der Waals surface area contributed by atoms with Crippen LogP contribution in [-0.2, 0) is 38.1 Å². The van der Waals surface area contributed by atoms with Crippen LogP contribution in [0.2, 0.25) is 0 Å². The minimum atomic E-state index is 0. The monoisotopic (exact) mass is 95.9 g/mol. The Morgan fingerprint density at radius 2 is 0.750 bits per heavy atom. The summed E-state index contributed by atoms with van der Waals surface area (Å²) in [5, 5.41) is 0. The molecule has 2 radical (unpaired) electrons. The minimum absolute atomic E-state index is 0. The first-order valence-corrected chi connectivity index (χ1v) is 0. The van der Waals surface area contributed by atoms with Crippen molar-refractivity contribution in [2.24, 2.45) is 0 Å². The first-order chi connectivity index (χ1) is 0. The molecule has 0 bridgehead atoms. The van der Waals surface area contributed by atoms with Crippen molar-refractivity contribution in [3.63, 3.8) is 0 Å². The van der Waals surface area contributed by atoms with Crippen molar-refractivity contribution in [3.8, 4) is 0 Å². The second-order valence-corrected chi connectivity index (χ2v) is 0. The smallest absolute Gasteiger partial charge is 2.00 e. The number of hydrogen-bond donors (Lipinski definition) is 0. The van der Waals surface area contributed by atoms with E-state index in [1.54, 1.807) is 0 Å². The minimum Gasteiger partial charge on any atom is -2.00 e. The third-order valence-electron chi connectivity index (χ3n) is 0. The molecule has 0 aromatic heterocycles. The first kappa shape index (κ1) is 168. The molecule has 22 valence electrons. The van der Waals surface area contributed by atoms with Gasteiger partial charge in [0.15, 0.2) is 0 Å². The van der Waals surface area contributed by atoms with Gasteiger partial charge >= 0.3 is 21.7 Å². The van der Waals surface area contributed by atoms with Crippen LogP contribution in [0.15, 0.2) is 0 Å². The van der Waals surface area contributed by atoms with E-state index in [0.717, 1.165) is 0 Å². The van der Waals surface area contributed by atoms with Crippen LogP contribution in [0.25, 0.3) is 0 Å². The van der Waals surface area contributed by atoms with Gasteiger partial charge in [-0.3, -0.25) is 0 Å². The predicted molar refractivity (Wildman–Crippen MR) is 2.06 cm³/mol. The van der Waals surface area contributed by atoms with E-state index in [2.05, 4.69) is 0 Å². The zero-order chi connectivity index (χ0) is 0. The average Bonchev–Trinajstić information content (AvgIpc) is 0. The predicted octanol–water partition coefficient (Wildman–Crippen LogP) is -0.359. The molecule has 0 aromatic rings. The largest absolute Gasteiger partial charge is 4.00 e. The van der Waals surface area contributed by atoms with Crippen LogP contribution >= 0.6 is 0 Å². The maximum atomic E-state index is 0. The molecule has 0 aliphatic heterocycles. The van der Waals surface area contributed by atoms with Crippen molar-refractivity contribution >= 4 is 0 Å². The molecule has 0 aliphatic rings. The molecule has 0 rings (SSSR count). The molecule has 0 fully saturated rings. The molecule has 0 saturated heterocycles. The van der Waals surface area contributed by atoms with Crippen LogP contribution in [-0.4, -0.2) is 0 Å². The number of rotatable bonds is 0. The van der Waals surface area contributed by atoms with Gasteiger partial charge < -0.3 is 11.0 Å². The van der Waals surface area contributed by atoms with Crippen LogP contribution in [0.5, 0.6) is 0 Å². The summed E-state index contributed by atoms with van der Waals surface area (Å²) in [5.41, 5.74) is 0. The Balaban J connectivity index is 0. The molecule has 0 N–H and O–H groups in total. The fourth-order valence-corrected chi connectivity index (χ4v) is 0. The van der Waals surface area contributed by atoms with Gasteiger partial charge in [0, 0.05) is 5.48 Å². The van der Waals surface area contributed by atoms with E-state index < -0.39 is 0 Å². The maximum Gasteiger partial charge on any atom is 4.00 e. The van der Waals surface area contributed by atoms with Gasteiger partial charge in [0.1, 0.15) is 0 Å². The molecular weight excluding hydrogens is 95.9 g/mol. The quantitative estimate of drug-likeness (QED) is 0.368. The van der Waals surface area contributed by atoms with E-state index in [0.29, 0.717) is 0 Å². The Labute approximate surface area is 38.8 Å². The standard InChI is InChI=1S/3O.Ti/q;2*-2;+4. The Hall–Kier alpha value is 0.594. The van der Waals surface area contributed by atoms with E-state index in [-0.39, 0.29) is 38.1 Å². The second kappa shape index (κ2) is 68.5. The summed E-state index contributed by atoms with van der Waals surface area (Å²) >= 11 is 0. The molecule has 3 nitrogen and oxygen atoms in total. The molecule has 0 amide bonds. The van der Waals surface area contributed by atoms with Crippen molar-refractivity contribution in [3.05, 3.63) is 0 Å². The summed E-state index contributed by atoms with van der Waals surface area (Å²) in [6.45, 7) is 0. The van der Waals surface area contributed by atoms with Gasteiger partial charge in [0.05, 0.1) is 0 Å². The van der Waals surface area contributed by atoms with Crippen molar-refractivity contribution < 1.29 is 38.1 Å². The Kier molecular flexibility index (Phi) is 2880. The fraction of sp³-hybridized carbons (Fsp3) is 0. The maximum absolute atomic E-state index is 0. The average molecular weight is 95.9 g/mol. The third kappa shape index (κ3) is 18.7. The molecular formula is O3Ti. The Morgan fingerprint density at radius 1 is 0.750 bits per heavy atom. The first-order valence-electron chi connectivity index (χ1n) is 0. The van der Waals surface area contributed by atoms with Gasteiger partial charge in [-0.05, 0) is 0 Å². The van der Waals surface area contributed by atoms with Crippen LogP contribution in [0.3, 0.4) is 0 Å². The van der Waals surface area contributed by atoms with E-state index in [4.69, 9.17) is 0 Å². The molecule has 0 heterocycles. The van der Waals surface area contributed by atoms with Crippen molar-refractivity contribution in [1.82, 2.24) is 0 Å². The summed E-state index contributed by atoms with van der Waals surface area (Å²) < 4.78 is 0. The molecule has 4 heteroatoms. The van der Waals surface area contributed by atoms with Crippen LogP contribution in [0, 0.1) is 0 Å². The fourth-order valence-electron chi connectivity index (χ4n) is 0. The van der Waals surface area contributed by atoms with Crippen LogP contribution in [0.4, 0.5) is 0 Å². The van der Waals surface area contributed by atoms with Gasteiger partial charge in [-0.2, -0.15) is 0 Å². The van der Waals surface area contributed by atoms with E-state index in [1.807, 2.05) is 0 Å². The summed E-state index contributed by atoms with van der Waals surface area (Å²) in [6, 6.07) is 0. The van der Waals surface area contributed by atoms with E-state index in [1.165, 1.54) is 0 Å². The third-order valence-corrected chi connectivity index (χ3v) is 0. The topological polar surface area (TPSA) is 85.5 Å². The zero-order valence-corrected chi connectivity index (χ0v) is 3.29. The molecule has 0 atom stereocenters. The summed E-state index contributed by atoms with van der Waals surface area (Å²) in [5.74, 6) is 0.